The number of halogens is 1. The molecule has 1 aromatic heterocycles. The third-order valence-corrected chi connectivity index (χ3v) is 7.22. The molecule has 0 saturated heterocycles. The minimum Gasteiger partial charge on any atom is -0.275 e. The Bertz CT molecular complexity index is 1110. The Labute approximate surface area is 173 Å². The lowest BCUT2D eigenvalue weighted by molar-refractivity contribution is -0.437. The third kappa shape index (κ3) is 3.74. The molecule has 1 saturated carbocycles. The summed E-state index contributed by atoms with van der Waals surface area (Å²) in [7, 11) is -2.05. The van der Waals surface area contributed by atoms with Crippen molar-refractivity contribution in [3.63, 3.8) is 0 Å². The first-order valence-electron chi connectivity index (χ1n) is 9.60. The molecule has 160 valence electrons. The Morgan fingerprint density at radius 1 is 1.37 bits per heavy atom. The molecule has 0 aromatic carbocycles. The average Bonchev–Trinajstić information content (AvgIpc) is 3.26. The van der Waals surface area contributed by atoms with Crippen molar-refractivity contribution in [3.05, 3.63) is 41.8 Å². The van der Waals surface area contributed by atoms with Crippen molar-refractivity contribution in [1.29, 1.82) is 0 Å². The fourth-order valence-corrected chi connectivity index (χ4v) is 5.18. The van der Waals surface area contributed by atoms with Gasteiger partial charge in [-0.1, -0.05) is 6.08 Å². The summed E-state index contributed by atoms with van der Waals surface area (Å²) in [4.78, 5) is 27.0. The van der Waals surface area contributed by atoms with Gasteiger partial charge in [0.1, 0.15) is 36.3 Å². The monoisotopic (exact) mass is 436 g/mol. The highest BCUT2D eigenvalue weighted by Gasteiger charge is 2.47. The van der Waals surface area contributed by atoms with E-state index in [0.29, 0.717) is 5.56 Å². The molecule has 2 aliphatic carbocycles. The lowest BCUT2D eigenvalue weighted by atomic mass is 9.99. The van der Waals surface area contributed by atoms with Crippen LogP contribution in [0.2, 0.25) is 0 Å². The SMILES string of the molecule is Cn1cc(CN2C(=O)C3=CC(S(=O)(=O)NC4(C)CC4)C=CC3=[N+](CCF)C2=O)cn1. The molecule has 0 bridgehead atoms. The molecule has 1 aromatic rings. The first-order valence-corrected chi connectivity index (χ1v) is 11.2. The quantitative estimate of drug-likeness (QED) is 0.632. The fraction of sp³-hybridized carbons (Fsp3) is 0.474. The van der Waals surface area contributed by atoms with Gasteiger partial charge in [0.25, 0.3) is 0 Å². The summed E-state index contributed by atoms with van der Waals surface area (Å²) >= 11 is 0. The van der Waals surface area contributed by atoms with Gasteiger partial charge in [0.05, 0.1) is 6.20 Å². The number of alkyl halides is 1. The van der Waals surface area contributed by atoms with Crippen LogP contribution in [0.3, 0.4) is 0 Å². The molecule has 1 unspecified atom stereocenters. The molecule has 3 aliphatic rings. The van der Waals surface area contributed by atoms with E-state index in [0.717, 1.165) is 17.7 Å². The van der Waals surface area contributed by atoms with Gasteiger partial charge in [-0.2, -0.15) is 19.4 Å². The summed E-state index contributed by atoms with van der Waals surface area (Å²) in [6.07, 6.45) is 8.88. The number of imide groups is 1. The zero-order valence-electron chi connectivity index (χ0n) is 16.7. The van der Waals surface area contributed by atoms with E-state index in [9.17, 15) is 22.4 Å². The number of amides is 3. The Morgan fingerprint density at radius 3 is 2.70 bits per heavy atom. The first-order chi connectivity index (χ1) is 14.1. The van der Waals surface area contributed by atoms with Gasteiger partial charge >= 0.3 is 11.9 Å². The van der Waals surface area contributed by atoms with Crippen molar-refractivity contribution in [3.8, 4) is 0 Å². The van der Waals surface area contributed by atoms with Crippen LogP contribution in [0.15, 0.2) is 36.2 Å². The number of hydrogen-bond acceptors (Lipinski definition) is 5. The highest BCUT2D eigenvalue weighted by Crippen LogP contribution is 2.36. The van der Waals surface area contributed by atoms with Gasteiger partial charge in [0.2, 0.25) is 10.0 Å². The highest BCUT2D eigenvalue weighted by atomic mass is 32.2. The van der Waals surface area contributed by atoms with Crippen LogP contribution in [0.5, 0.6) is 0 Å². The maximum Gasteiger partial charge on any atom is 0.501 e. The number of aromatic nitrogens is 2. The zero-order valence-corrected chi connectivity index (χ0v) is 17.5. The van der Waals surface area contributed by atoms with Crippen LogP contribution in [0, 0.1) is 0 Å². The second-order valence-corrected chi connectivity index (χ2v) is 9.87. The van der Waals surface area contributed by atoms with Crippen molar-refractivity contribution in [2.75, 3.05) is 13.2 Å². The van der Waals surface area contributed by atoms with Crippen molar-refractivity contribution in [2.24, 2.45) is 7.05 Å². The Morgan fingerprint density at radius 2 is 2.10 bits per heavy atom. The molecule has 3 amide bonds. The number of carbonyl (C=O) groups excluding carboxylic acids is 2. The van der Waals surface area contributed by atoms with E-state index in [1.54, 1.807) is 17.9 Å². The molecule has 4 rings (SSSR count). The van der Waals surface area contributed by atoms with E-state index >= 15 is 0 Å². The normalized spacial score (nSPS) is 23.0. The highest BCUT2D eigenvalue weighted by molar-refractivity contribution is 7.90. The number of nitrogens with zero attached hydrogens (tertiary/aromatic N) is 4. The summed E-state index contributed by atoms with van der Waals surface area (Å²) in [5.41, 5.74) is 0.469. The van der Waals surface area contributed by atoms with Gasteiger partial charge in [-0.15, -0.1) is 0 Å². The Hall–Kier alpha value is -2.66. The molecule has 2 heterocycles. The number of carbonyl (C=O) groups is 2. The van der Waals surface area contributed by atoms with E-state index in [-0.39, 0.29) is 24.4 Å². The minimum atomic E-state index is -3.76. The molecular formula is C19H23FN5O4S+. The van der Waals surface area contributed by atoms with Crippen LogP contribution in [0.1, 0.15) is 25.3 Å². The maximum atomic E-state index is 13.1. The smallest absolute Gasteiger partial charge is 0.275 e. The lowest BCUT2D eigenvalue weighted by Gasteiger charge is -2.26. The molecule has 11 heteroatoms. The third-order valence-electron chi connectivity index (χ3n) is 5.43. The lowest BCUT2D eigenvalue weighted by Crippen LogP contribution is -2.52. The second-order valence-electron chi connectivity index (χ2n) is 8.03. The van der Waals surface area contributed by atoms with Gasteiger partial charge < -0.3 is 0 Å². The molecule has 1 aliphatic heterocycles. The number of allylic oxidation sites excluding steroid dienone is 1. The summed E-state index contributed by atoms with van der Waals surface area (Å²) < 4.78 is 44.1. The average molecular weight is 436 g/mol. The molecule has 30 heavy (non-hydrogen) atoms. The predicted octanol–water partition coefficient (Wildman–Crippen LogP) is 0.642. The maximum absolute atomic E-state index is 13.1. The van der Waals surface area contributed by atoms with Crippen molar-refractivity contribution < 1.29 is 27.0 Å². The van der Waals surface area contributed by atoms with Crippen LogP contribution in [0.4, 0.5) is 9.18 Å². The molecule has 1 atom stereocenters. The molecule has 0 spiro atoms. The van der Waals surface area contributed by atoms with E-state index < -0.39 is 39.4 Å². The first kappa shape index (κ1) is 20.6. The molecule has 1 fully saturated rings. The number of urea groups is 1. The van der Waals surface area contributed by atoms with Gasteiger partial charge in [-0.25, -0.2) is 22.3 Å². The van der Waals surface area contributed by atoms with Gasteiger partial charge in [-0.3, -0.25) is 4.68 Å². The Kier molecular flexibility index (Phi) is 4.97. The van der Waals surface area contributed by atoms with Crippen LogP contribution in [-0.2, 0) is 28.4 Å². The summed E-state index contributed by atoms with van der Waals surface area (Å²) in [5.74, 6) is -0.615. The zero-order chi connectivity index (χ0) is 21.7. The van der Waals surface area contributed by atoms with Crippen molar-refractivity contribution in [1.82, 2.24) is 19.4 Å². The number of rotatable bonds is 7. The van der Waals surface area contributed by atoms with Crippen LogP contribution in [0.25, 0.3) is 0 Å². The van der Waals surface area contributed by atoms with Gasteiger partial charge in [0, 0.05) is 24.3 Å². The number of nitrogens with one attached hydrogen (secondary N) is 1. The molecule has 9 nitrogen and oxygen atoms in total. The van der Waals surface area contributed by atoms with E-state index in [1.165, 1.54) is 29.0 Å². The molecular weight excluding hydrogens is 413 g/mol. The van der Waals surface area contributed by atoms with Crippen LogP contribution in [-0.4, -0.2) is 69.3 Å². The number of aryl methyl sites for hydroxylation is 1. The fourth-order valence-electron chi connectivity index (χ4n) is 3.55. The second kappa shape index (κ2) is 7.24. The van der Waals surface area contributed by atoms with E-state index in [1.807, 2.05) is 6.92 Å². The number of hydrogen-bond donors (Lipinski definition) is 1. The number of fused-ring (bicyclic) bond motifs is 1. The van der Waals surface area contributed by atoms with Crippen molar-refractivity contribution >= 4 is 27.7 Å². The number of sulfonamides is 1. The van der Waals surface area contributed by atoms with Gasteiger partial charge in [-0.05, 0) is 31.9 Å². The van der Waals surface area contributed by atoms with E-state index in [4.69, 9.17) is 0 Å². The van der Waals surface area contributed by atoms with Crippen LogP contribution < -0.4 is 4.72 Å². The summed E-state index contributed by atoms with van der Waals surface area (Å²) in [5, 5.41) is 2.97. The minimum absolute atomic E-state index is 0.0453. The predicted molar refractivity (Wildman–Crippen MR) is 106 cm³/mol. The largest absolute Gasteiger partial charge is 0.501 e. The standard InChI is InChI=1S/C19H23FN5O4S/c1-19(5-6-19)22-30(28,29)14-3-4-16-15(9-14)17(26)25(18(27)24(16)8-7-20)12-13-10-21-23(2)11-13/h3-4,9-11,14,22H,5-8,12H2,1-2H3/q+1. The summed E-state index contributed by atoms with van der Waals surface area (Å²) in [6.45, 7) is 0.745. The summed E-state index contributed by atoms with van der Waals surface area (Å²) in [6, 6.07) is -0.650. The van der Waals surface area contributed by atoms with E-state index in [2.05, 4.69) is 9.82 Å². The van der Waals surface area contributed by atoms with Crippen LogP contribution >= 0.6 is 0 Å². The van der Waals surface area contributed by atoms with Gasteiger partial charge in [0.15, 0.2) is 0 Å². The van der Waals surface area contributed by atoms with Crippen molar-refractivity contribution in [2.45, 2.75) is 37.1 Å². The Balaban J connectivity index is 1.70. The molecule has 1 N–H and O–H groups in total. The topological polar surface area (TPSA) is 104 Å². The molecule has 0 radical (unpaired) electrons.